The maximum Gasteiger partial charge on any atom is 0.304 e. The molecule has 3 nitrogen and oxygen atoms in total. The van der Waals surface area contributed by atoms with E-state index in [1.807, 2.05) is 27.7 Å². The summed E-state index contributed by atoms with van der Waals surface area (Å²) in [6.45, 7) is 7.93. The second-order valence-electron chi connectivity index (χ2n) is 3.89. The van der Waals surface area contributed by atoms with E-state index in [-0.39, 0.29) is 18.0 Å². The lowest BCUT2D eigenvalue weighted by atomic mass is 10.1. The van der Waals surface area contributed by atoms with Gasteiger partial charge in [0.05, 0.1) is 6.42 Å². The molecule has 0 saturated heterocycles. The van der Waals surface area contributed by atoms with Crippen molar-refractivity contribution in [2.45, 2.75) is 45.7 Å². The zero-order valence-corrected chi connectivity index (χ0v) is 7.64. The van der Waals surface area contributed by atoms with Crippen LogP contribution in [0.2, 0.25) is 0 Å². The molecule has 3 heteroatoms. The molecule has 0 aromatic heterocycles. The van der Waals surface area contributed by atoms with Crippen molar-refractivity contribution in [3.05, 3.63) is 0 Å². The van der Waals surface area contributed by atoms with Crippen LogP contribution in [0.15, 0.2) is 0 Å². The highest BCUT2D eigenvalue weighted by atomic mass is 16.4. The summed E-state index contributed by atoms with van der Waals surface area (Å²) in [4.78, 5) is 10.3. The highest BCUT2D eigenvalue weighted by Crippen LogP contribution is 2.02. The van der Waals surface area contributed by atoms with Gasteiger partial charge in [0, 0.05) is 11.6 Å². The number of carboxylic acids is 1. The van der Waals surface area contributed by atoms with Crippen LogP contribution in [0, 0.1) is 0 Å². The van der Waals surface area contributed by atoms with Gasteiger partial charge in [0.25, 0.3) is 0 Å². The van der Waals surface area contributed by atoms with Crippen LogP contribution in [0.3, 0.4) is 0 Å². The standard InChI is InChI=1S/C8H17NO2/c1-6(5-7(10)11)9-8(2,3)4/h6,9H,5H2,1-4H3,(H,10,11)/t6-/m1/s1. The van der Waals surface area contributed by atoms with Crippen LogP contribution in [0.1, 0.15) is 34.1 Å². The molecule has 0 rings (SSSR count). The molecular weight excluding hydrogens is 142 g/mol. The summed E-state index contributed by atoms with van der Waals surface area (Å²) in [5, 5.41) is 11.6. The van der Waals surface area contributed by atoms with Gasteiger partial charge >= 0.3 is 5.97 Å². The summed E-state index contributed by atoms with van der Waals surface area (Å²) in [6, 6.07) is 0.0347. The van der Waals surface area contributed by atoms with Crippen molar-refractivity contribution < 1.29 is 9.90 Å². The summed E-state index contributed by atoms with van der Waals surface area (Å²) in [5.41, 5.74) is -0.00509. The molecule has 11 heavy (non-hydrogen) atoms. The minimum absolute atomic E-state index is 0.00509. The van der Waals surface area contributed by atoms with Gasteiger partial charge in [-0.25, -0.2) is 0 Å². The molecular formula is C8H17NO2. The molecule has 0 aliphatic heterocycles. The molecule has 0 unspecified atom stereocenters. The van der Waals surface area contributed by atoms with Gasteiger partial charge in [-0.1, -0.05) is 0 Å². The molecule has 0 radical (unpaired) electrons. The molecule has 0 fully saturated rings. The maximum absolute atomic E-state index is 10.3. The summed E-state index contributed by atoms with van der Waals surface area (Å²) in [6.07, 6.45) is 0.178. The lowest BCUT2D eigenvalue weighted by molar-refractivity contribution is -0.137. The number of hydrogen-bond acceptors (Lipinski definition) is 2. The lowest BCUT2D eigenvalue weighted by Crippen LogP contribution is -2.42. The highest BCUT2D eigenvalue weighted by molar-refractivity contribution is 5.67. The van der Waals surface area contributed by atoms with Gasteiger partial charge in [0.1, 0.15) is 0 Å². The van der Waals surface area contributed by atoms with Gasteiger partial charge in [-0.2, -0.15) is 0 Å². The fourth-order valence-electron chi connectivity index (χ4n) is 1.05. The van der Waals surface area contributed by atoms with Crippen molar-refractivity contribution in [1.82, 2.24) is 5.32 Å². The summed E-state index contributed by atoms with van der Waals surface area (Å²) >= 11 is 0. The molecule has 0 bridgehead atoms. The van der Waals surface area contributed by atoms with Crippen molar-refractivity contribution >= 4 is 5.97 Å². The zero-order valence-electron chi connectivity index (χ0n) is 7.64. The largest absolute Gasteiger partial charge is 0.481 e. The van der Waals surface area contributed by atoms with Crippen molar-refractivity contribution in [2.24, 2.45) is 0 Å². The molecule has 0 spiro atoms. The topological polar surface area (TPSA) is 49.3 Å². The molecule has 0 heterocycles. The molecule has 0 amide bonds. The quantitative estimate of drug-likeness (QED) is 0.651. The summed E-state index contributed by atoms with van der Waals surface area (Å²) in [5.74, 6) is -0.755. The van der Waals surface area contributed by atoms with E-state index >= 15 is 0 Å². The van der Waals surface area contributed by atoms with Gasteiger partial charge < -0.3 is 10.4 Å². The van der Waals surface area contributed by atoms with E-state index in [1.54, 1.807) is 0 Å². The number of aliphatic carboxylic acids is 1. The minimum Gasteiger partial charge on any atom is -0.481 e. The van der Waals surface area contributed by atoms with E-state index in [9.17, 15) is 4.79 Å². The third-order valence-corrected chi connectivity index (χ3v) is 1.16. The molecule has 0 aliphatic rings. The molecule has 2 N–H and O–H groups in total. The van der Waals surface area contributed by atoms with Crippen LogP contribution in [-0.4, -0.2) is 22.7 Å². The predicted molar refractivity (Wildman–Crippen MR) is 44.6 cm³/mol. The average molecular weight is 159 g/mol. The Hall–Kier alpha value is -0.570. The summed E-state index contributed by atoms with van der Waals surface area (Å²) in [7, 11) is 0. The van der Waals surface area contributed by atoms with Crippen molar-refractivity contribution in [3.63, 3.8) is 0 Å². The minimum atomic E-state index is -0.755. The number of carboxylic acid groups (broad SMARTS) is 1. The van der Waals surface area contributed by atoms with E-state index in [0.717, 1.165) is 0 Å². The third-order valence-electron chi connectivity index (χ3n) is 1.16. The van der Waals surface area contributed by atoms with Gasteiger partial charge in [-0.15, -0.1) is 0 Å². The van der Waals surface area contributed by atoms with Crippen molar-refractivity contribution in [1.29, 1.82) is 0 Å². The number of rotatable bonds is 3. The molecule has 0 aromatic rings. The van der Waals surface area contributed by atoms with E-state index in [1.165, 1.54) is 0 Å². The number of nitrogens with one attached hydrogen (secondary N) is 1. The maximum atomic E-state index is 10.3. The first kappa shape index (κ1) is 10.4. The number of hydrogen-bond donors (Lipinski definition) is 2. The van der Waals surface area contributed by atoms with E-state index < -0.39 is 5.97 Å². The van der Waals surface area contributed by atoms with Crippen LogP contribution < -0.4 is 5.32 Å². The van der Waals surface area contributed by atoms with Crippen LogP contribution in [-0.2, 0) is 4.79 Å². The average Bonchev–Trinajstić information content (AvgIpc) is 1.53. The van der Waals surface area contributed by atoms with Gasteiger partial charge in [-0.3, -0.25) is 4.79 Å². The third kappa shape index (κ3) is 7.33. The van der Waals surface area contributed by atoms with Crippen LogP contribution >= 0.6 is 0 Å². The van der Waals surface area contributed by atoms with Gasteiger partial charge in [0.15, 0.2) is 0 Å². The SMILES string of the molecule is C[C@H](CC(=O)O)NC(C)(C)C. The fraction of sp³-hybridized carbons (Fsp3) is 0.875. The Balaban J connectivity index is 3.69. The fourth-order valence-corrected chi connectivity index (χ4v) is 1.05. The molecule has 0 aromatic carbocycles. The molecule has 66 valence electrons. The second-order valence-corrected chi connectivity index (χ2v) is 3.89. The molecule has 0 saturated carbocycles. The molecule has 0 aliphatic carbocycles. The van der Waals surface area contributed by atoms with E-state index in [2.05, 4.69) is 5.32 Å². The Bertz CT molecular complexity index is 138. The normalized spacial score (nSPS) is 14.5. The van der Waals surface area contributed by atoms with Gasteiger partial charge in [0.2, 0.25) is 0 Å². The van der Waals surface area contributed by atoms with Crippen molar-refractivity contribution in [3.8, 4) is 0 Å². The lowest BCUT2D eigenvalue weighted by Gasteiger charge is -2.24. The Morgan fingerprint density at radius 1 is 1.55 bits per heavy atom. The predicted octanol–water partition coefficient (Wildman–Crippen LogP) is 1.24. The van der Waals surface area contributed by atoms with E-state index in [0.29, 0.717) is 0 Å². The van der Waals surface area contributed by atoms with Crippen LogP contribution in [0.25, 0.3) is 0 Å². The zero-order chi connectivity index (χ0) is 9.07. The molecule has 1 atom stereocenters. The Morgan fingerprint density at radius 3 is 2.27 bits per heavy atom. The first-order chi connectivity index (χ1) is 4.81. The Kier molecular flexibility index (Phi) is 3.52. The van der Waals surface area contributed by atoms with Crippen molar-refractivity contribution in [2.75, 3.05) is 0 Å². The highest BCUT2D eigenvalue weighted by Gasteiger charge is 2.15. The first-order valence-electron chi connectivity index (χ1n) is 3.81. The first-order valence-corrected chi connectivity index (χ1v) is 3.81. The monoisotopic (exact) mass is 159 g/mol. The van der Waals surface area contributed by atoms with E-state index in [4.69, 9.17) is 5.11 Å². The number of carbonyl (C=O) groups is 1. The summed E-state index contributed by atoms with van der Waals surface area (Å²) < 4.78 is 0. The van der Waals surface area contributed by atoms with Crippen LogP contribution in [0.5, 0.6) is 0 Å². The Labute approximate surface area is 67.8 Å². The smallest absolute Gasteiger partial charge is 0.304 e. The Morgan fingerprint density at radius 2 is 2.00 bits per heavy atom. The second kappa shape index (κ2) is 3.72. The van der Waals surface area contributed by atoms with Gasteiger partial charge in [-0.05, 0) is 27.7 Å². The van der Waals surface area contributed by atoms with Crippen LogP contribution in [0.4, 0.5) is 0 Å².